The summed E-state index contributed by atoms with van der Waals surface area (Å²) < 4.78 is 0. The SMILES string of the molecule is O=C(Nc1ccc2nc3c4ccccc4c4ccccc4c3nc2c1)c1ccc(N2C(=O)c3ccccc3C2=O)cc1. The van der Waals surface area contributed by atoms with Crippen LogP contribution < -0.4 is 10.2 Å². The zero-order valence-corrected chi connectivity index (χ0v) is 22.0. The van der Waals surface area contributed by atoms with Gasteiger partial charge in [0.1, 0.15) is 0 Å². The lowest BCUT2D eigenvalue weighted by Crippen LogP contribution is -2.29. The number of nitrogens with one attached hydrogen (secondary N) is 1. The maximum absolute atomic E-state index is 13.1. The van der Waals surface area contributed by atoms with Crippen molar-refractivity contribution in [3.63, 3.8) is 0 Å². The first kappa shape index (κ1) is 23.9. The summed E-state index contributed by atoms with van der Waals surface area (Å²) in [6.07, 6.45) is 0. The van der Waals surface area contributed by atoms with Gasteiger partial charge < -0.3 is 5.32 Å². The van der Waals surface area contributed by atoms with Crippen molar-refractivity contribution in [3.8, 4) is 0 Å². The Bertz CT molecular complexity index is 2260. The second-order valence-electron chi connectivity index (χ2n) is 10.2. The van der Waals surface area contributed by atoms with Gasteiger partial charge in [0.25, 0.3) is 17.7 Å². The van der Waals surface area contributed by atoms with Crippen molar-refractivity contribution < 1.29 is 14.4 Å². The molecule has 0 radical (unpaired) electrons. The quantitative estimate of drug-likeness (QED) is 0.145. The summed E-state index contributed by atoms with van der Waals surface area (Å²) in [4.78, 5) is 49.9. The number of fused-ring (bicyclic) bond motifs is 8. The Morgan fingerprint density at radius 1 is 0.571 bits per heavy atom. The van der Waals surface area contributed by atoms with E-state index in [0.29, 0.717) is 33.6 Å². The fourth-order valence-corrected chi connectivity index (χ4v) is 5.75. The molecule has 0 atom stereocenters. The van der Waals surface area contributed by atoms with Gasteiger partial charge in [-0.05, 0) is 65.4 Å². The highest BCUT2D eigenvalue weighted by Gasteiger charge is 2.36. The zero-order chi connectivity index (χ0) is 28.4. The summed E-state index contributed by atoms with van der Waals surface area (Å²) >= 11 is 0. The molecule has 0 saturated carbocycles. The van der Waals surface area contributed by atoms with Crippen molar-refractivity contribution in [1.82, 2.24) is 9.97 Å². The zero-order valence-electron chi connectivity index (χ0n) is 22.0. The molecule has 1 aliphatic heterocycles. The molecule has 1 aromatic heterocycles. The van der Waals surface area contributed by atoms with Gasteiger partial charge in [-0.25, -0.2) is 14.9 Å². The Kier molecular flexibility index (Phi) is 5.14. The fraction of sp³-hybridized carbons (Fsp3) is 0. The summed E-state index contributed by atoms with van der Waals surface area (Å²) in [6.45, 7) is 0. The second kappa shape index (κ2) is 9.04. The van der Waals surface area contributed by atoms with E-state index in [0.717, 1.165) is 43.0 Å². The van der Waals surface area contributed by atoms with Crippen LogP contribution in [0, 0.1) is 0 Å². The van der Waals surface area contributed by atoms with Crippen LogP contribution in [0.4, 0.5) is 11.4 Å². The normalized spacial score (nSPS) is 12.9. The van der Waals surface area contributed by atoms with E-state index in [1.54, 1.807) is 54.6 Å². The van der Waals surface area contributed by atoms with E-state index in [1.165, 1.54) is 0 Å². The van der Waals surface area contributed by atoms with Crippen molar-refractivity contribution in [2.45, 2.75) is 0 Å². The summed E-state index contributed by atoms with van der Waals surface area (Å²) in [5.74, 6) is -1.08. The smallest absolute Gasteiger partial charge is 0.266 e. The van der Waals surface area contributed by atoms with Crippen LogP contribution in [0.15, 0.2) is 115 Å². The number of imide groups is 1. The molecule has 7 nitrogen and oxygen atoms in total. The van der Waals surface area contributed by atoms with Gasteiger partial charge in [-0.2, -0.15) is 0 Å². The molecule has 0 unspecified atom stereocenters. The molecule has 1 N–H and O–H groups in total. The fourth-order valence-electron chi connectivity index (χ4n) is 5.75. The average Bonchev–Trinajstić information content (AvgIpc) is 3.29. The van der Waals surface area contributed by atoms with E-state index in [4.69, 9.17) is 9.97 Å². The van der Waals surface area contributed by atoms with E-state index in [2.05, 4.69) is 29.6 Å². The van der Waals surface area contributed by atoms with Crippen molar-refractivity contribution in [2.24, 2.45) is 0 Å². The van der Waals surface area contributed by atoms with Gasteiger partial charge in [0, 0.05) is 22.0 Å². The van der Waals surface area contributed by atoms with Gasteiger partial charge in [0.15, 0.2) is 0 Å². The molecule has 0 spiro atoms. The topological polar surface area (TPSA) is 92.3 Å². The number of anilines is 2. The predicted molar refractivity (Wildman–Crippen MR) is 164 cm³/mol. The van der Waals surface area contributed by atoms with Crippen LogP contribution in [0.3, 0.4) is 0 Å². The average molecular weight is 545 g/mol. The van der Waals surface area contributed by atoms with E-state index in [-0.39, 0.29) is 17.7 Å². The minimum Gasteiger partial charge on any atom is -0.322 e. The number of amides is 3. The van der Waals surface area contributed by atoms with Crippen LogP contribution in [0.1, 0.15) is 31.1 Å². The van der Waals surface area contributed by atoms with Crippen LogP contribution in [-0.2, 0) is 0 Å². The molecule has 3 amide bonds. The Morgan fingerprint density at radius 2 is 1.10 bits per heavy atom. The third-order valence-corrected chi connectivity index (χ3v) is 7.76. The molecule has 0 aliphatic carbocycles. The Balaban J connectivity index is 1.11. The molecule has 7 aromatic rings. The lowest BCUT2D eigenvalue weighted by molar-refractivity contribution is 0.0925. The summed E-state index contributed by atoms with van der Waals surface area (Å²) in [5.41, 5.74) is 5.16. The van der Waals surface area contributed by atoms with Gasteiger partial charge in [0.05, 0.1) is 38.9 Å². The van der Waals surface area contributed by atoms with Gasteiger partial charge >= 0.3 is 0 Å². The first-order chi connectivity index (χ1) is 20.6. The Morgan fingerprint density at radius 3 is 1.69 bits per heavy atom. The van der Waals surface area contributed by atoms with Crippen LogP contribution in [-0.4, -0.2) is 27.7 Å². The highest BCUT2D eigenvalue weighted by molar-refractivity contribution is 6.34. The molecule has 8 rings (SSSR count). The number of hydrogen-bond donors (Lipinski definition) is 1. The standard InChI is InChI=1S/C35H20N4O3/c40-33(20-13-16-22(17-14-20)39-34(41)27-11-5-6-12-28(27)35(39)42)36-21-15-18-29-30(19-21)38-32-26-10-4-2-8-24(26)23-7-1-3-9-25(23)31(32)37-29/h1-19H,(H,36,40). The molecule has 0 saturated heterocycles. The molecule has 2 heterocycles. The first-order valence-electron chi connectivity index (χ1n) is 13.5. The molecule has 0 fully saturated rings. The van der Waals surface area contributed by atoms with Crippen molar-refractivity contribution in [2.75, 3.05) is 10.2 Å². The molecular weight excluding hydrogens is 524 g/mol. The minimum absolute atomic E-state index is 0.326. The Hall–Kier alpha value is -5.95. The third kappa shape index (κ3) is 3.57. The predicted octanol–water partition coefficient (Wildman–Crippen LogP) is 7.14. The van der Waals surface area contributed by atoms with E-state index >= 15 is 0 Å². The van der Waals surface area contributed by atoms with Crippen LogP contribution in [0.2, 0.25) is 0 Å². The second-order valence-corrected chi connectivity index (χ2v) is 10.2. The van der Waals surface area contributed by atoms with Crippen LogP contribution >= 0.6 is 0 Å². The lowest BCUT2D eigenvalue weighted by Gasteiger charge is -2.14. The van der Waals surface area contributed by atoms with Crippen LogP contribution in [0.5, 0.6) is 0 Å². The van der Waals surface area contributed by atoms with Gasteiger partial charge in [-0.3, -0.25) is 14.4 Å². The highest BCUT2D eigenvalue weighted by Crippen LogP contribution is 2.34. The number of carbonyl (C=O) groups is 3. The number of benzene rings is 6. The van der Waals surface area contributed by atoms with E-state index in [9.17, 15) is 14.4 Å². The third-order valence-electron chi connectivity index (χ3n) is 7.76. The number of carbonyl (C=O) groups excluding carboxylic acids is 3. The van der Waals surface area contributed by atoms with Crippen molar-refractivity contribution in [3.05, 3.63) is 132 Å². The number of hydrogen-bond acceptors (Lipinski definition) is 5. The summed E-state index contributed by atoms with van der Waals surface area (Å²) in [5, 5.41) is 7.24. The maximum Gasteiger partial charge on any atom is 0.266 e. The highest BCUT2D eigenvalue weighted by atomic mass is 16.2. The molecule has 1 aliphatic rings. The van der Waals surface area contributed by atoms with E-state index in [1.807, 2.05) is 36.4 Å². The summed E-state index contributed by atoms with van der Waals surface area (Å²) in [6, 6.07) is 35.0. The molecular formula is C35H20N4O3. The lowest BCUT2D eigenvalue weighted by atomic mass is 9.99. The molecule has 7 heteroatoms. The van der Waals surface area contributed by atoms with Gasteiger partial charge in [0.2, 0.25) is 0 Å². The van der Waals surface area contributed by atoms with Crippen LogP contribution in [0.25, 0.3) is 43.6 Å². The summed E-state index contributed by atoms with van der Waals surface area (Å²) in [7, 11) is 0. The van der Waals surface area contributed by atoms with Gasteiger partial charge in [-0.1, -0.05) is 60.7 Å². The van der Waals surface area contributed by atoms with E-state index < -0.39 is 0 Å². The van der Waals surface area contributed by atoms with Crippen molar-refractivity contribution in [1.29, 1.82) is 0 Å². The largest absolute Gasteiger partial charge is 0.322 e. The maximum atomic E-state index is 13.1. The number of aromatic nitrogens is 2. The molecule has 42 heavy (non-hydrogen) atoms. The number of nitrogens with zero attached hydrogens (tertiary/aromatic N) is 3. The Labute approximate surface area is 239 Å². The van der Waals surface area contributed by atoms with Gasteiger partial charge in [-0.15, -0.1) is 0 Å². The van der Waals surface area contributed by atoms with Crippen molar-refractivity contribution >= 4 is 72.7 Å². The molecule has 6 aromatic carbocycles. The first-order valence-corrected chi connectivity index (χ1v) is 13.5. The minimum atomic E-state index is -0.377. The number of rotatable bonds is 3. The molecule has 198 valence electrons. The monoisotopic (exact) mass is 544 g/mol. The molecule has 0 bridgehead atoms.